The van der Waals surface area contributed by atoms with Crippen molar-refractivity contribution in [2.24, 2.45) is 0 Å². The molecule has 0 radical (unpaired) electrons. The van der Waals surface area contributed by atoms with Crippen LogP contribution in [0.5, 0.6) is 5.75 Å². The molecule has 0 amide bonds. The second-order valence-electron chi connectivity index (χ2n) is 4.05. The molecular formula is C13H6ClF3N2O2. The minimum atomic E-state index is -4.72. The first-order valence-electron chi connectivity index (χ1n) is 5.69. The number of hydrogen-bond acceptors (Lipinski definition) is 4. The molecule has 0 saturated carbocycles. The summed E-state index contributed by atoms with van der Waals surface area (Å²) >= 11 is 5.79. The first-order chi connectivity index (χ1) is 9.92. The van der Waals surface area contributed by atoms with Gasteiger partial charge >= 0.3 is 6.36 Å². The molecule has 3 aromatic rings. The Morgan fingerprint density at radius 2 is 1.76 bits per heavy atom. The van der Waals surface area contributed by atoms with E-state index in [0.717, 1.165) is 0 Å². The van der Waals surface area contributed by atoms with Gasteiger partial charge in [-0.3, -0.25) is 0 Å². The Morgan fingerprint density at radius 1 is 1.05 bits per heavy atom. The third-order valence-electron chi connectivity index (χ3n) is 2.66. The van der Waals surface area contributed by atoms with E-state index in [4.69, 9.17) is 16.0 Å². The van der Waals surface area contributed by atoms with Gasteiger partial charge in [0.15, 0.2) is 0 Å². The van der Waals surface area contributed by atoms with Crippen LogP contribution in [0.4, 0.5) is 13.2 Å². The standard InChI is InChI=1S/C13H6ClF3N2O2/c14-12-18-10(9-5-6-20-11(9)19-12)7-1-3-8(4-2-7)21-13(15,16)17/h1-6H. The molecule has 0 atom stereocenters. The molecule has 0 saturated heterocycles. The number of fused-ring (bicyclic) bond motifs is 1. The zero-order valence-electron chi connectivity index (χ0n) is 10.2. The minimum absolute atomic E-state index is 0.0110. The lowest BCUT2D eigenvalue weighted by Crippen LogP contribution is -2.16. The van der Waals surface area contributed by atoms with E-state index in [1.165, 1.54) is 30.5 Å². The van der Waals surface area contributed by atoms with Crippen molar-refractivity contribution in [3.8, 4) is 17.0 Å². The quantitative estimate of drug-likeness (QED) is 0.656. The lowest BCUT2D eigenvalue weighted by atomic mass is 10.1. The Labute approximate surface area is 121 Å². The van der Waals surface area contributed by atoms with E-state index < -0.39 is 6.36 Å². The van der Waals surface area contributed by atoms with Crippen LogP contribution in [0.2, 0.25) is 5.28 Å². The Bertz CT molecular complexity index is 784. The van der Waals surface area contributed by atoms with Crippen molar-refractivity contribution in [3.05, 3.63) is 41.9 Å². The maximum atomic E-state index is 12.1. The average Bonchev–Trinajstić information content (AvgIpc) is 2.85. The Kier molecular flexibility index (Phi) is 3.21. The third kappa shape index (κ3) is 2.92. The molecule has 3 rings (SSSR count). The summed E-state index contributed by atoms with van der Waals surface area (Å²) in [4.78, 5) is 7.98. The molecule has 108 valence electrons. The number of rotatable bonds is 2. The monoisotopic (exact) mass is 314 g/mol. The smallest absolute Gasteiger partial charge is 0.446 e. The summed E-state index contributed by atoms with van der Waals surface area (Å²) in [6.45, 7) is 0. The molecule has 0 fully saturated rings. The number of benzene rings is 1. The van der Waals surface area contributed by atoms with Crippen LogP contribution in [0, 0.1) is 0 Å². The fraction of sp³-hybridized carbons (Fsp3) is 0.0769. The van der Waals surface area contributed by atoms with Gasteiger partial charge in [0.25, 0.3) is 0 Å². The molecule has 0 bridgehead atoms. The predicted molar refractivity (Wildman–Crippen MR) is 68.9 cm³/mol. The van der Waals surface area contributed by atoms with Gasteiger partial charge in [-0.1, -0.05) is 0 Å². The molecule has 0 N–H and O–H groups in total. The number of furan rings is 1. The molecule has 0 aliphatic carbocycles. The van der Waals surface area contributed by atoms with Crippen LogP contribution in [0.3, 0.4) is 0 Å². The number of halogens is 4. The van der Waals surface area contributed by atoms with Gasteiger partial charge in [0.05, 0.1) is 17.3 Å². The first-order valence-corrected chi connectivity index (χ1v) is 6.07. The number of nitrogens with zero attached hydrogens (tertiary/aromatic N) is 2. The summed E-state index contributed by atoms with van der Waals surface area (Å²) in [6, 6.07) is 6.95. The van der Waals surface area contributed by atoms with Crippen LogP contribution in [0.15, 0.2) is 41.0 Å². The van der Waals surface area contributed by atoms with Gasteiger partial charge in [0, 0.05) is 5.56 Å². The van der Waals surface area contributed by atoms with Gasteiger partial charge in [-0.05, 0) is 41.9 Å². The highest BCUT2D eigenvalue weighted by Gasteiger charge is 2.31. The van der Waals surface area contributed by atoms with E-state index >= 15 is 0 Å². The summed E-state index contributed by atoms with van der Waals surface area (Å²) in [7, 11) is 0. The molecule has 2 heterocycles. The van der Waals surface area contributed by atoms with Crippen LogP contribution < -0.4 is 4.74 Å². The fourth-order valence-electron chi connectivity index (χ4n) is 1.86. The molecule has 4 nitrogen and oxygen atoms in total. The Hall–Kier alpha value is -2.28. The second kappa shape index (κ2) is 4.92. The van der Waals surface area contributed by atoms with Crippen molar-refractivity contribution < 1.29 is 22.3 Å². The first kappa shape index (κ1) is 13.7. The van der Waals surface area contributed by atoms with Crippen molar-refractivity contribution >= 4 is 22.7 Å². The molecule has 0 unspecified atom stereocenters. The van der Waals surface area contributed by atoms with Crippen molar-refractivity contribution in [2.75, 3.05) is 0 Å². The molecule has 8 heteroatoms. The van der Waals surface area contributed by atoms with E-state index in [-0.39, 0.29) is 11.0 Å². The van der Waals surface area contributed by atoms with Crippen LogP contribution in [0.25, 0.3) is 22.4 Å². The molecule has 0 spiro atoms. The normalized spacial score (nSPS) is 11.8. The van der Waals surface area contributed by atoms with Gasteiger partial charge in [-0.2, -0.15) is 4.98 Å². The van der Waals surface area contributed by atoms with Crippen molar-refractivity contribution in [3.63, 3.8) is 0 Å². The second-order valence-corrected chi connectivity index (χ2v) is 4.39. The zero-order valence-corrected chi connectivity index (χ0v) is 10.9. The average molecular weight is 315 g/mol. The topological polar surface area (TPSA) is 48.2 Å². The highest BCUT2D eigenvalue weighted by atomic mass is 35.5. The van der Waals surface area contributed by atoms with E-state index in [9.17, 15) is 13.2 Å². The van der Waals surface area contributed by atoms with Gasteiger partial charge in [0.1, 0.15) is 5.75 Å². The van der Waals surface area contributed by atoms with Gasteiger partial charge < -0.3 is 9.15 Å². The van der Waals surface area contributed by atoms with Crippen LogP contribution in [0.1, 0.15) is 0 Å². The molecule has 1 aromatic carbocycles. The SMILES string of the molecule is FC(F)(F)Oc1ccc(-c2nc(Cl)nc3occc23)cc1. The minimum Gasteiger partial charge on any atom is -0.446 e. The molecule has 2 aromatic heterocycles. The Morgan fingerprint density at radius 3 is 2.43 bits per heavy atom. The number of hydrogen-bond donors (Lipinski definition) is 0. The lowest BCUT2D eigenvalue weighted by Gasteiger charge is -2.09. The highest BCUT2D eigenvalue weighted by Crippen LogP contribution is 2.30. The zero-order chi connectivity index (χ0) is 15.0. The third-order valence-corrected chi connectivity index (χ3v) is 2.83. The summed E-state index contributed by atoms with van der Waals surface area (Å²) in [5, 5.41) is 0.604. The van der Waals surface area contributed by atoms with E-state index in [1.807, 2.05) is 0 Å². The highest BCUT2D eigenvalue weighted by molar-refractivity contribution is 6.28. The number of aromatic nitrogens is 2. The lowest BCUT2D eigenvalue weighted by molar-refractivity contribution is -0.274. The summed E-state index contributed by atoms with van der Waals surface area (Å²) in [6.07, 6.45) is -3.29. The van der Waals surface area contributed by atoms with E-state index in [0.29, 0.717) is 22.4 Å². The fourth-order valence-corrected chi connectivity index (χ4v) is 2.03. The number of alkyl halides is 3. The largest absolute Gasteiger partial charge is 0.573 e. The summed E-state index contributed by atoms with van der Waals surface area (Å²) < 4.78 is 45.3. The van der Waals surface area contributed by atoms with Crippen LogP contribution in [-0.4, -0.2) is 16.3 Å². The van der Waals surface area contributed by atoms with Gasteiger partial charge in [-0.15, -0.1) is 13.2 Å². The van der Waals surface area contributed by atoms with Gasteiger partial charge in [0.2, 0.25) is 11.0 Å². The van der Waals surface area contributed by atoms with Crippen LogP contribution in [-0.2, 0) is 0 Å². The molecule has 21 heavy (non-hydrogen) atoms. The van der Waals surface area contributed by atoms with E-state index in [2.05, 4.69) is 14.7 Å². The number of ether oxygens (including phenoxy) is 1. The van der Waals surface area contributed by atoms with Crippen LogP contribution >= 0.6 is 11.6 Å². The summed E-state index contributed by atoms with van der Waals surface area (Å²) in [5.41, 5.74) is 1.35. The molecule has 0 aliphatic rings. The van der Waals surface area contributed by atoms with E-state index in [1.54, 1.807) is 6.07 Å². The summed E-state index contributed by atoms with van der Waals surface area (Å²) in [5.74, 6) is -0.310. The maximum Gasteiger partial charge on any atom is 0.573 e. The van der Waals surface area contributed by atoms with Crippen molar-refractivity contribution in [2.45, 2.75) is 6.36 Å². The van der Waals surface area contributed by atoms with Crippen molar-refractivity contribution in [1.82, 2.24) is 9.97 Å². The molecular weight excluding hydrogens is 309 g/mol. The predicted octanol–water partition coefficient (Wildman–Crippen LogP) is 4.44. The van der Waals surface area contributed by atoms with Crippen molar-refractivity contribution in [1.29, 1.82) is 0 Å². The van der Waals surface area contributed by atoms with Gasteiger partial charge in [-0.25, -0.2) is 4.98 Å². The maximum absolute atomic E-state index is 12.1. The Balaban J connectivity index is 2.01. The molecule has 0 aliphatic heterocycles.